The van der Waals surface area contributed by atoms with Crippen molar-refractivity contribution in [2.24, 2.45) is 5.41 Å². The predicted octanol–water partition coefficient (Wildman–Crippen LogP) is 2.25. The van der Waals surface area contributed by atoms with E-state index in [4.69, 9.17) is 5.26 Å². The minimum atomic E-state index is -0.318. The van der Waals surface area contributed by atoms with Gasteiger partial charge in [0.15, 0.2) is 0 Å². The van der Waals surface area contributed by atoms with Crippen LogP contribution < -0.4 is 5.32 Å². The van der Waals surface area contributed by atoms with Crippen molar-refractivity contribution < 1.29 is 9.53 Å². The second-order valence-electron chi connectivity index (χ2n) is 5.72. The summed E-state index contributed by atoms with van der Waals surface area (Å²) in [7, 11) is 0. The Morgan fingerprint density at radius 2 is 1.94 bits per heavy atom. The predicted molar refractivity (Wildman–Crippen MR) is 67.3 cm³/mol. The van der Waals surface area contributed by atoms with Gasteiger partial charge in [0.1, 0.15) is 5.60 Å². The summed E-state index contributed by atoms with van der Waals surface area (Å²) in [6.45, 7) is 10.3. The van der Waals surface area contributed by atoms with Gasteiger partial charge in [-0.1, -0.05) is 6.92 Å². The summed E-state index contributed by atoms with van der Waals surface area (Å²) in [6, 6.07) is 2.25. The third-order valence-corrected chi connectivity index (χ3v) is 2.72. The third-order valence-electron chi connectivity index (χ3n) is 2.72. The monoisotopic (exact) mass is 240 g/mol. The molecule has 0 aromatic rings. The van der Waals surface area contributed by atoms with Gasteiger partial charge in [0.25, 0.3) is 6.47 Å². The first kappa shape index (κ1) is 15.9. The van der Waals surface area contributed by atoms with Crippen molar-refractivity contribution in [1.82, 2.24) is 5.32 Å². The summed E-state index contributed by atoms with van der Waals surface area (Å²) in [4.78, 5) is 9.60. The van der Waals surface area contributed by atoms with Crippen LogP contribution in [0.15, 0.2) is 0 Å². The molecular formula is C13H24N2O2. The molecule has 0 saturated carbocycles. The van der Waals surface area contributed by atoms with E-state index in [1.165, 1.54) is 0 Å². The fourth-order valence-electron chi connectivity index (χ4n) is 1.54. The van der Waals surface area contributed by atoms with Crippen molar-refractivity contribution in [1.29, 1.82) is 5.26 Å². The Kier molecular flexibility index (Phi) is 6.82. The SMILES string of the molecule is CC(C)(C)OC=O.CC1(CC#N)CCNCC1. The second kappa shape index (κ2) is 7.29. The average Bonchev–Trinajstić information content (AvgIpc) is 2.17. The molecule has 17 heavy (non-hydrogen) atoms. The maximum Gasteiger partial charge on any atom is 0.293 e. The minimum absolute atomic E-state index is 0.306. The standard InChI is InChI=1S/C8H14N2.C5H10O2/c1-8(2-5-9)3-6-10-7-4-8;1-5(2,3)7-4-6/h10H,2-4,6-7H2,1H3;4H,1-3H3. The zero-order chi connectivity index (χ0) is 13.4. The molecule has 0 amide bonds. The van der Waals surface area contributed by atoms with Crippen molar-refractivity contribution in [3.05, 3.63) is 0 Å². The normalized spacial score (nSPS) is 18.3. The molecule has 0 radical (unpaired) electrons. The number of nitrogens with zero attached hydrogens (tertiary/aromatic N) is 1. The van der Waals surface area contributed by atoms with Gasteiger partial charge < -0.3 is 10.1 Å². The molecule has 1 heterocycles. The molecule has 1 rings (SSSR count). The van der Waals surface area contributed by atoms with Crippen LogP contribution in [0.25, 0.3) is 0 Å². The number of nitriles is 1. The van der Waals surface area contributed by atoms with Gasteiger partial charge in [-0.05, 0) is 52.1 Å². The molecule has 0 aromatic heterocycles. The largest absolute Gasteiger partial charge is 0.462 e. The van der Waals surface area contributed by atoms with E-state index in [0.717, 1.165) is 25.9 Å². The fraction of sp³-hybridized carbons (Fsp3) is 0.846. The molecule has 0 unspecified atom stereocenters. The van der Waals surface area contributed by atoms with Crippen molar-refractivity contribution in [2.75, 3.05) is 13.1 Å². The Labute approximate surface area is 104 Å². The van der Waals surface area contributed by atoms with Crippen LogP contribution in [0.3, 0.4) is 0 Å². The highest BCUT2D eigenvalue weighted by molar-refractivity contribution is 5.37. The number of nitrogens with one attached hydrogen (secondary N) is 1. The van der Waals surface area contributed by atoms with E-state index in [0.29, 0.717) is 18.3 Å². The molecular weight excluding hydrogens is 216 g/mol. The topological polar surface area (TPSA) is 62.1 Å². The number of piperidine rings is 1. The van der Waals surface area contributed by atoms with Crippen molar-refractivity contribution in [3.8, 4) is 6.07 Å². The first-order chi connectivity index (χ1) is 7.83. The minimum Gasteiger partial charge on any atom is -0.462 e. The number of hydrogen-bond donors (Lipinski definition) is 1. The van der Waals surface area contributed by atoms with Crippen LogP contribution >= 0.6 is 0 Å². The number of rotatable bonds is 2. The highest BCUT2D eigenvalue weighted by Crippen LogP contribution is 2.30. The maximum atomic E-state index is 9.60. The summed E-state index contributed by atoms with van der Waals surface area (Å²) in [5.74, 6) is 0. The first-order valence-corrected chi connectivity index (χ1v) is 6.02. The van der Waals surface area contributed by atoms with Gasteiger partial charge in [0.2, 0.25) is 0 Å². The second-order valence-corrected chi connectivity index (χ2v) is 5.72. The number of hydrogen-bond acceptors (Lipinski definition) is 4. The van der Waals surface area contributed by atoms with Crippen LogP contribution in [0, 0.1) is 16.7 Å². The zero-order valence-electron chi connectivity index (χ0n) is 11.4. The van der Waals surface area contributed by atoms with E-state index in [1.807, 2.05) is 20.8 Å². The van der Waals surface area contributed by atoms with Gasteiger partial charge in [-0.3, -0.25) is 4.79 Å². The Morgan fingerprint density at radius 1 is 1.41 bits per heavy atom. The molecule has 98 valence electrons. The van der Waals surface area contributed by atoms with Gasteiger partial charge in [-0.2, -0.15) is 5.26 Å². The van der Waals surface area contributed by atoms with E-state index in [9.17, 15) is 4.79 Å². The summed E-state index contributed by atoms with van der Waals surface area (Å²) in [5, 5.41) is 11.8. The molecule has 0 spiro atoms. The van der Waals surface area contributed by atoms with Crippen LogP contribution in [-0.2, 0) is 9.53 Å². The molecule has 4 nitrogen and oxygen atoms in total. The van der Waals surface area contributed by atoms with Gasteiger partial charge in [-0.15, -0.1) is 0 Å². The Balaban J connectivity index is 0.000000325. The van der Waals surface area contributed by atoms with Gasteiger partial charge in [0.05, 0.1) is 6.07 Å². The lowest BCUT2D eigenvalue weighted by molar-refractivity contribution is -0.138. The zero-order valence-corrected chi connectivity index (χ0v) is 11.4. The first-order valence-electron chi connectivity index (χ1n) is 6.02. The summed E-state index contributed by atoms with van der Waals surface area (Å²) in [5.41, 5.74) is -0.0122. The van der Waals surface area contributed by atoms with Crippen LogP contribution in [0.4, 0.5) is 0 Å². The van der Waals surface area contributed by atoms with E-state index in [1.54, 1.807) is 0 Å². The number of ether oxygens (including phenoxy) is 1. The maximum absolute atomic E-state index is 9.60. The summed E-state index contributed by atoms with van der Waals surface area (Å²) >= 11 is 0. The van der Waals surface area contributed by atoms with Crippen LogP contribution in [0.1, 0.15) is 47.0 Å². The van der Waals surface area contributed by atoms with E-state index in [-0.39, 0.29) is 5.60 Å². The Bertz CT molecular complexity index is 258. The van der Waals surface area contributed by atoms with Crippen LogP contribution in [-0.4, -0.2) is 25.2 Å². The molecule has 0 bridgehead atoms. The van der Waals surface area contributed by atoms with Crippen molar-refractivity contribution in [3.63, 3.8) is 0 Å². The van der Waals surface area contributed by atoms with Gasteiger partial charge >= 0.3 is 0 Å². The summed E-state index contributed by atoms with van der Waals surface area (Å²) < 4.78 is 4.55. The van der Waals surface area contributed by atoms with Crippen LogP contribution in [0.2, 0.25) is 0 Å². The quantitative estimate of drug-likeness (QED) is 0.752. The molecule has 1 saturated heterocycles. The highest BCUT2D eigenvalue weighted by Gasteiger charge is 2.25. The van der Waals surface area contributed by atoms with E-state index < -0.39 is 0 Å². The molecule has 1 aliphatic rings. The van der Waals surface area contributed by atoms with Gasteiger partial charge in [-0.25, -0.2) is 0 Å². The Morgan fingerprint density at radius 3 is 2.24 bits per heavy atom. The third kappa shape index (κ3) is 8.70. The molecule has 0 aliphatic carbocycles. The lowest BCUT2D eigenvalue weighted by Gasteiger charge is -2.31. The fourth-order valence-corrected chi connectivity index (χ4v) is 1.54. The van der Waals surface area contributed by atoms with Crippen molar-refractivity contribution in [2.45, 2.75) is 52.6 Å². The molecule has 0 aromatic carbocycles. The Hall–Kier alpha value is -1.08. The van der Waals surface area contributed by atoms with Gasteiger partial charge in [0, 0.05) is 6.42 Å². The smallest absolute Gasteiger partial charge is 0.293 e. The molecule has 1 N–H and O–H groups in total. The number of carbonyl (C=O) groups excluding carboxylic acids is 1. The molecule has 0 atom stereocenters. The van der Waals surface area contributed by atoms with Crippen molar-refractivity contribution >= 4 is 6.47 Å². The highest BCUT2D eigenvalue weighted by atomic mass is 16.5. The lowest BCUT2D eigenvalue weighted by atomic mass is 9.79. The molecule has 4 heteroatoms. The average molecular weight is 240 g/mol. The van der Waals surface area contributed by atoms with E-state index >= 15 is 0 Å². The molecule has 1 fully saturated rings. The number of carbonyl (C=O) groups is 1. The van der Waals surface area contributed by atoms with E-state index in [2.05, 4.69) is 23.0 Å². The molecule has 1 aliphatic heterocycles. The van der Waals surface area contributed by atoms with Crippen LogP contribution in [0.5, 0.6) is 0 Å². The lowest BCUT2D eigenvalue weighted by Crippen LogP contribution is -2.34. The summed E-state index contributed by atoms with van der Waals surface area (Å²) in [6.07, 6.45) is 3.02.